The molecule has 4 aromatic carbocycles. The second kappa shape index (κ2) is 10.6. The number of hydrogen-bond acceptors (Lipinski definition) is 6. The molecule has 4 rings (SSSR count). The van der Waals surface area contributed by atoms with E-state index in [4.69, 9.17) is 4.18 Å². The fourth-order valence-corrected chi connectivity index (χ4v) is 4.25. The first kappa shape index (κ1) is 25.5. The molecule has 0 aliphatic rings. The molecule has 0 atom stereocenters. The Balaban J connectivity index is 1.42. The minimum atomic E-state index is -3.99. The van der Waals surface area contributed by atoms with Gasteiger partial charge in [0.1, 0.15) is 28.0 Å². The summed E-state index contributed by atoms with van der Waals surface area (Å²) in [6.45, 7) is 1.84. The van der Waals surface area contributed by atoms with E-state index in [0.717, 1.165) is 17.7 Å². The van der Waals surface area contributed by atoms with Crippen molar-refractivity contribution in [1.82, 2.24) is 5.43 Å². The molecule has 0 unspecified atom stereocenters. The van der Waals surface area contributed by atoms with E-state index < -0.39 is 27.7 Å². The highest BCUT2D eigenvalue weighted by atomic mass is 32.2. The predicted molar refractivity (Wildman–Crippen MR) is 134 cm³/mol. The molecule has 0 aromatic heterocycles. The maximum absolute atomic E-state index is 14.1. The molecule has 0 saturated heterocycles. The zero-order chi connectivity index (χ0) is 26.6. The van der Waals surface area contributed by atoms with Crippen molar-refractivity contribution in [2.75, 3.05) is 0 Å². The van der Waals surface area contributed by atoms with Crippen LogP contribution in [0, 0.1) is 18.6 Å². The van der Waals surface area contributed by atoms with Gasteiger partial charge in [-0.15, -0.1) is 0 Å². The number of rotatable bonds is 7. The number of aromatic hydroxyl groups is 1. The molecule has 2 N–H and O–H groups in total. The van der Waals surface area contributed by atoms with Crippen LogP contribution in [0.2, 0.25) is 0 Å². The molecule has 0 aliphatic carbocycles. The van der Waals surface area contributed by atoms with Crippen LogP contribution in [0.3, 0.4) is 0 Å². The van der Waals surface area contributed by atoms with Gasteiger partial charge in [-0.25, -0.2) is 14.2 Å². The van der Waals surface area contributed by atoms with Gasteiger partial charge in [0.25, 0.3) is 5.91 Å². The van der Waals surface area contributed by atoms with Gasteiger partial charge >= 0.3 is 10.1 Å². The smallest absolute Gasteiger partial charge is 0.339 e. The molecular weight excluding hydrogens is 502 g/mol. The third-order valence-corrected chi connectivity index (χ3v) is 6.52. The molecule has 0 saturated carbocycles. The van der Waals surface area contributed by atoms with Crippen LogP contribution in [0.4, 0.5) is 8.78 Å². The van der Waals surface area contributed by atoms with Crippen LogP contribution >= 0.6 is 0 Å². The summed E-state index contributed by atoms with van der Waals surface area (Å²) in [6, 6.07) is 19.1. The molecule has 1 amide bonds. The number of carbonyl (C=O) groups is 1. The highest BCUT2D eigenvalue weighted by molar-refractivity contribution is 7.87. The van der Waals surface area contributed by atoms with E-state index in [2.05, 4.69) is 10.5 Å². The van der Waals surface area contributed by atoms with Gasteiger partial charge in [0, 0.05) is 11.6 Å². The highest BCUT2D eigenvalue weighted by Gasteiger charge is 2.17. The minimum absolute atomic E-state index is 0.0286. The topological polar surface area (TPSA) is 105 Å². The first-order chi connectivity index (χ1) is 17.6. The van der Waals surface area contributed by atoms with Gasteiger partial charge in [-0.2, -0.15) is 13.5 Å². The lowest BCUT2D eigenvalue weighted by Crippen LogP contribution is -2.17. The quantitative estimate of drug-likeness (QED) is 0.198. The van der Waals surface area contributed by atoms with E-state index in [9.17, 15) is 27.1 Å². The predicted octanol–water partition coefficient (Wildman–Crippen LogP) is 5.18. The number of hydrazone groups is 1. The fraction of sp³-hybridized carbons (Fsp3) is 0.0370. The standard InChI is InChI=1S/C27H20F2N2O5S/c1-17-2-10-22(11-3-17)37(34,35)36-21-8-4-18(5-9-21)16-30-31-27(33)24-14-19(6-13-26(24)32)23-12-7-20(28)15-25(23)29/h2-16,32H,1H3,(H,31,33). The Hall–Kier alpha value is -4.57. The second-order valence-electron chi connectivity index (χ2n) is 7.97. The molecule has 0 heterocycles. The number of amides is 1. The van der Waals surface area contributed by atoms with Gasteiger partial charge in [-0.3, -0.25) is 4.79 Å². The third kappa shape index (κ3) is 6.17. The van der Waals surface area contributed by atoms with Gasteiger partial charge in [0.2, 0.25) is 0 Å². The van der Waals surface area contributed by atoms with Crippen LogP contribution in [-0.4, -0.2) is 25.6 Å². The van der Waals surface area contributed by atoms with Crippen molar-refractivity contribution < 1.29 is 31.3 Å². The fourth-order valence-electron chi connectivity index (χ4n) is 3.32. The summed E-state index contributed by atoms with van der Waals surface area (Å²) >= 11 is 0. The number of carbonyl (C=O) groups excluding carboxylic acids is 1. The maximum atomic E-state index is 14.1. The summed E-state index contributed by atoms with van der Waals surface area (Å²) in [4.78, 5) is 12.5. The number of halogens is 2. The van der Waals surface area contributed by atoms with Gasteiger partial charge in [-0.1, -0.05) is 23.8 Å². The second-order valence-corrected chi connectivity index (χ2v) is 9.52. The molecule has 7 nitrogen and oxygen atoms in total. The van der Waals surface area contributed by atoms with Crippen molar-refractivity contribution in [3.8, 4) is 22.6 Å². The van der Waals surface area contributed by atoms with Crippen molar-refractivity contribution >= 4 is 22.2 Å². The Bertz CT molecular complexity index is 1590. The monoisotopic (exact) mass is 522 g/mol. The van der Waals surface area contributed by atoms with Crippen LogP contribution in [-0.2, 0) is 10.1 Å². The van der Waals surface area contributed by atoms with Crippen LogP contribution in [0.5, 0.6) is 11.5 Å². The number of hydrogen-bond donors (Lipinski definition) is 2. The van der Waals surface area contributed by atoms with E-state index >= 15 is 0 Å². The normalized spacial score (nSPS) is 11.4. The summed E-state index contributed by atoms with van der Waals surface area (Å²) in [5.41, 5.74) is 3.86. The highest BCUT2D eigenvalue weighted by Crippen LogP contribution is 2.28. The first-order valence-corrected chi connectivity index (χ1v) is 12.3. The van der Waals surface area contributed by atoms with E-state index in [-0.39, 0.29) is 33.1 Å². The van der Waals surface area contributed by atoms with Crippen molar-refractivity contribution in [2.45, 2.75) is 11.8 Å². The van der Waals surface area contributed by atoms with Crippen molar-refractivity contribution in [3.63, 3.8) is 0 Å². The molecule has 188 valence electrons. The van der Waals surface area contributed by atoms with Crippen LogP contribution in [0.1, 0.15) is 21.5 Å². The number of aryl methyl sites for hydroxylation is 1. The summed E-state index contributed by atoms with van der Waals surface area (Å²) in [5.74, 6) is -2.57. The minimum Gasteiger partial charge on any atom is -0.507 e. The van der Waals surface area contributed by atoms with Gasteiger partial charge in [-0.05, 0) is 78.7 Å². The molecule has 0 fully saturated rings. The van der Waals surface area contributed by atoms with Gasteiger partial charge < -0.3 is 9.29 Å². The molecule has 10 heteroatoms. The molecule has 0 spiro atoms. The largest absolute Gasteiger partial charge is 0.507 e. The molecule has 0 radical (unpaired) electrons. The Morgan fingerprint density at radius 1 is 0.946 bits per heavy atom. The van der Waals surface area contributed by atoms with Gasteiger partial charge in [0.05, 0.1) is 11.8 Å². The number of nitrogens with one attached hydrogen (secondary N) is 1. The summed E-state index contributed by atoms with van der Waals surface area (Å²) in [5, 5.41) is 13.9. The van der Waals surface area contributed by atoms with Gasteiger partial charge in [0.15, 0.2) is 0 Å². The SMILES string of the molecule is Cc1ccc(S(=O)(=O)Oc2ccc(C=NNC(=O)c3cc(-c4ccc(F)cc4F)ccc3O)cc2)cc1. The Morgan fingerprint density at radius 3 is 2.32 bits per heavy atom. The Kier molecular flexibility index (Phi) is 7.30. The van der Waals surface area contributed by atoms with Crippen molar-refractivity contribution in [2.24, 2.45) is 5.10 Å². The van der Waals surface area contributed by atoms with Crippen molar-refractivity contribution in [1.29, 1.82) is 0 Å². The zero-order valence-corrected chi connectivity index (χ0v) is 20.2. The molecular formula is C27H20F2N2O5S. The zero-order valence-electron chi connectivity index (χ0n) is 19.4. The summed E-state index contributed by atoms with van der Waals surface area (Å²) in [7, 11) is -3.99. The molecule has 37 heavy (non-hydrogen) atoms. The van der Waals surface area contributed by atoms with Crippen LogP contribution in [0.25, 0.3) is 11.1 Å². The number of nitrogens with zero attached hydrogens (tertiary/aromatic N) is 1. The summed E-state index contributed by atoms with van der Waals surface area (Å²) in [6.07, 6.45) is 1.30. The lowest BCUT2D eigenvalue weighted by molar-refractivity contribution is 0.0952. The lowest BCUT2D eigenvalue weighted by atomic mass is 10.0. The van der Waals surface area contributed by atoms with E-state index in [1.807, 2.05) is 6.92 Å². The molecule has 4 aromatic rings. The van der Waals surface area contributed by atoms with Crippen LogP contribution < -0.4 is 9.61 Å². The van der Waals surface area contributed by atoms with Crippen molar-refractivity contribution in [3.05, 3.63) is 113 Å². The number of benzene rings is 4. The van der Waals surface area contributed by atoms with E-state index in [1.165, 1.54) is 66.9 Å². The first-order valence-electron chi connectivity index (χ1n) is 10.9. The maximum Gasteiger partial charge on any atom is 0.339 e. The number of phenols is 1. The lowest BCUT2D eigenvalue weighted by Gasteiger charge is -2.08. The Morgan fingerprint density at radius 2 is 1.65 bits per heavy atom. The number of phenolic OH excluding ortho intramolecular Hbond substituents is 1. The Labute approximate surface area is 211 Å². The third-order valence-electron chi connectivity index (χ3n) is 5.26. The average Bonchev–Trinajstić information content (AvgIpc) is 2.86. The average molecular weight is 523 g/mol. The van der Waals surface area contributed by atoms with Crippen LogP contribution in [0.15, 0.2) is 94.9 Å². The van der Waals surface area contributed by atoms with E-state index in [0.29, 0.717) is 5.56 Å². The summed E-state index contributed by atoms with van der Waals surface area (Å²) < 4.78 is 57.3. The van der Waals surface area contributed by atoms with E-state index in [1.54, 1.807) is 12.1 Å². The molecule has 0 aliphatic heterocycles. The molecule has 0 bridgehead atoms.